The smallest absolute Gasteiger partial charge is 0.250 e. The lowest BCUT2D eigenvalue weighted by Crippen LogP contribution is -2.08. The van der Waals surface area contributed by atoms with Crippen LogP contribution < -0.4 is 11.9 Å². The van der Waals surface area contributed by atoms with Crippen molar-refractivity contribution >= 4 is 15.9 Å². The fourth-order valence-corrected chi connectivity index (χ4v) is 0. The molecule has 0 spiro atoms. The van der Waals surface area contributed by atoms with E-state index >= 15 is 0 Å². The van der Waals surface area contributed by atoms with E-state index in [-0.39, 0.29) is 11.5 Å². The summed E-state index contributed by atoms with van der Waals surface area (Å²) >= 11 is 2.56. The maximum Gasteiger partial charge on any atom is 0.250 e. The van der Waals surface area contributed by atoms with E-state index in [9.17, 15) is 17.6 Å². The topological polar surface area (TPSA) is 61.0 Å². The van der Waals surface area contributed by atoms with Gasteiger partial charge in [0.25, 0.3) is 6.43 Å². The second kappa shape index (κ2) is 12.8. The minimum absolute atomic E-state index is 0. The summed E-state index contributed by atoms with van der Waals surface area (Å²) in [6.45, 7) is -0.528. The monoisotopic (exact) mass is 242 g/mol. The van der Waals surface area contributed by atoms with Crippen molar-refractivity contribution in [1.29, 1.82) is 0 Å². The molecule has 0 bridgehead atoms. The van der Waals surface area contributed by atoms with Gasteiger partial charge in [-0.05, 0) is 0 Å². The van der Waals surface area contributed by atoms with Gasteiger partial charge in [-0.25, -0.2) is 17.6 Å². The summed E-state index contributed by atoms with van der Waals surface area (Å²) in [5.74, 6) is 0. The molecule has 0 saturated carbocycles. The molecule has 0 radical (unpaired) electrons. The predicted octanol–water partition coefficient (Wildman–Crippen LogP) is 2.02. The second-order valence-electron chi connectivity index (χ2n) is 1.17. The van der Waals surface area contributed by atoms with Gasteiger partial charge in [0.05, 0.1) is 11.9 Å². The fraction of sp³-hybridized carbons (Fsp3) is 1.00. The van der Waals surface area contributed by atoms with Crippen LogP contribution >= 0.6 is 15.9 Å². The number of alkyl halides is 5. The Bertz CT molecular complexity index is 56.1. The Kier molecular flexibility index (Phi) is 20.0. The maximum absolute atomic E-state index is 10.7. The van der Waals surface area contributed by atoms with E-state index in [1.54, 1.807) is 0 Å². The van der Waals surface area contributed by atoms with E-state index in [0.29, 0.717) is 0 Å². The van der Waals surface area contributed by atoms with E-state index in [4.69, 9.17) is 0 Å². The van der Waals surface area contributed by atoms with Gasteiger partial charge in [-0.1, -0.05) is 15.9 Å². The van der Waals surface area contributed by atoms with Crippen LogP contribution in [0.1, 0.15) is 0 Å². The Hall–Kier alpha value is 0.120. The van der Waals surface area contributed by atoms with Gasteiger partial charge in [0.1, 0.15) is 0 Å². The van der Waals surface area contributed by atoms with Gasteiger partial charge in [0.15, 0.2) is 0 Å². The van der Waals surface area contributed by atoms with E-state index in [1.165, 1.54) is 0 Å². The SMILES string of the molecule is FC(F)CBr.N.NCC(F)F. The molecule has 0 aromatic carbocycles. The molecule has 0 aromatic rings. The Morgan fingerprint density at radius 1 is 1.09 bits per heavy atom. The minimum Gasteiger partial charge on any atom is -0.344 e. The molecule has 0 atom stereocenters. The second-order valence-corrected chi connectivity index (χ2v) is 1.82. The van der Waals surface area contributed by atoms with Gasteiger partial charge in [-0.3, -0.25) is 0 Å². The van der Waals surface area contributed by atoms with Crippen molar-refractivity contribution in [3.05, 3.63) is 0 Å². The summed E-state index contributed by atoms with van der Waals surface area (Å²) in [5, 5.41) is -0.215. The Morgan fingerprint density at radius 2 is 1.27 bits per heavy atom. The molecule has 0 aromatic heterocycles. The van der Waals surface area contributed by atoms with Gasteiger partial charge in [0, 0.05) is 0 Å². The molecule has 0 unspecified atom stereocenters. The van der Waals surface area contributed by atoms with Crippen molar-refractivity contribution in [2.75, 3.05) is 11.9 Å². The normalized spacial score (nSPS) is 8.73. The predicted molar refractivity (Wildman–Crippen MR) is 39.9 cm³/mol. The third kappa shape index (κ3) is 39.3. The first kappa shape index (κ1) is 17.3. The van der Waals surface area contributed by atoms with E-state index in [0.717, 1.165) is 0 Å². The summed E-state index contributed by atoms with van der Waals surface area (Å²) in [6, 6.07) is 0. The highest BCUT2D eigenvalue weighted by atomic mass is 79.9. The quantitative estimate of drug-likeness (QED) is 0.575. The number of hydrogen-bond donors (Lipinski definition) is 2. The highest BCUT2D eigenvalue weighted by molar-refractivity contribution is 9.09. The lowest BCUT2D eigenvalue weighted by Gasteiger charge is -1.82. The van der Waals surface area contributed by atoms with E-state index in [1.807, 2.05) is 0 Å². The summed E-state index contributed by atoms with van der Waals surface area (Å²) < 4.78 is 42.7. The van der Waals surface area contributed by atoms with Gasteiger partial charge in [-0.15, -0.1) is 0 Å². The van der Waals surface area contributed by atoms with Crippen molar-refractivity contribution < 1.29 is 17.6 Å². The molecule has 0 fully saturated rings. The summed E-state index contributed by atoms with van der Waals surface area (Å²) in [5.41, 5.74) is 4.42. The molecule has 0 saturated heterocycles. The molecule has 0 amide bonds. The molecule has 0 aliphatic carbocycles. The third-order valence-electron chi connectivity index (χ3n) is 0.295. The molecule has 2 nitrogen and oxygen atoms in total. The zero-order valence-corrected chi connectivity index (χ0v) is 7.33. The molecular formula is C4H11BrF4N2. The molecular weight excluding hydrogens is 232 g/mol. The van der Waals surface area contributed by atoms with Crippen LogP contribution in [0.3, 0.4) is 0 Å². The van der Waals surface area contributed by atoms with Gasteiger partial charge in [0.2, 0.25) is 6.43 Å². The third-order valence-corrected chi connectivity index (χ3v) is 0.784. The van der Waals surface area contributed by atoms with E-state index in [2.05, 4.69) is 21.7 Å². The first-order valence-electron chi connectivity index (χ1n) is 2.36. The number of hydrogen-bond acceptors (Lipinski definition) is 2. The molecule has 72 valence electrons. The molecule has 0 heterocycles. The number of halogens is 5. The maximum atomic E-state index is 10.7. The van der Waals surface area contributed by atoms with Crippen LogP contribution in [-0.4, -0.2) is 24.7 Å². The summed E-state index contributed by atoms with van der Waals surface area (Å²) in [7, 11) is 0. The van der Waals surface area contributed by atoms with Crippen molar-refractivity contribution in [3.63, 3.8) is 0 Å². The highest BCUT2D eigenvalue weighted by Gasteiger charge is 1.92. The van der Waals surface area contributed by atoms with Gasteiger partial charge in [-0.2, -0.15) is 0 Å². The van der Waals surface area contributed by atoms with Gasteiger partial charge < -0.3 is 11.9 Å². The fourth-order valence-electron chi connectivity index (χ4n) is 0. The van der Waals surface area contributed by atoms with Crippen molar-refractivity contribution in [1.82, 2.24) is 6.15 Å². The van der Waals surface area contributed by atoms with E-state index < -0.39 is 19.4 Å². The lowest BCUT2D eigenvalue weighted by atomic mass is 10.7. The van der Waals surface area contributed by atoms with Gasteiger partial charge >= 0.3 is 0 Å². The number of rotatable bonds is 2. The Morgan fingerprint density at radius 3 is 1.27 bits per heavy atom. The average Bonchev–Trinajstić information content (AvgIpc) is 1.89. The van der Waals surface area contributed by atoms with Crippen LogP contribution in [0.15, 0.2) is 0 Å². The molecule has 0 aliphatic heterocycles. The molecule has 11 heavy (non-hydrogen) atoms. The first-order chi connectivity index (χ1) is 4.54. The Balaban J connectivity index is -0.000000107. The Labute approximate surface area is 70.8 Å². The van der Waals surface area contributed by atoms with Crippen LogP contribution in [0, 0.1) is 0 Å². The van der Waals surface area contributed by atoms with Crippen molar-refractivity contribution in [2.45, 2.75) is 12.9 Å². The summed E-state index contributed by atoms with van der Waals surface area (Å²) in [4.78, 5) is 0. The average molecular weight is 243 g/mol. The zero-order valence-electron chi connectivity index (χ0n) is 5.74. The first-order valence-corrected chi connectivity index (χ1v) is 3.49. The van der Waals surface area contributed by atoms with Crippen LogP contribution in [-0.2, 0) is 0 Å². The van der Waals surface area contributed by atoms with Crippen molar-refractivity contribution in [2.24, 2.45) is 5.73 Å². The lowest BCUT2D eigenvalue weighted by molar-refractivity contribution is 0.158. The van der Waals surface area contributed by atoms with Crippen LogP contribution in [0.5, 0.6) is 0 Å². The molecule has 0 aliphatic rings. The summed E-state index contributed by atoms with van der Waals surface area (Å²) in [6.07, 6.45) is -4.54. The standard InChI is InChI=1S/C2H3BrF2.C2H5F2N.H3N/c3-1-2(4)5;3-2(4)1-5;/h2H,1H2;2H,1,5H2;1H3. The molecule has 0 rings (SSSR count). The number of nitrogens with two attached hydrogens (primary N) is 1. The van der Waals surface area contributed by atoms with Crippen LogP contribution in [0.2, 0.25) is 0 Å². The van der Waals surface area contributed by atoms with Crippen LogP contribution in [0.25, 0.3) is 0 Å². The zero-order chi connectivity index (χ0) is 8.57. The molecule has 7 heteroatoms. The van der Waals surface area contributed by atoms with Crippen LogP contribution in [0.4, 0.5) is 17.6 Å². The molecule has 5 N–H and O–H groups in total. The largest absolute Gasteiger partial charge is 0.344 e. The highest BCUT2D eigenvalue weighted by Crippen LogP contribution is 1.94. The minimum atomic E-state index is -2.34. The van der Waals surface area contributed by atoms with Crippen molar-refractivity contribution in [3.8, 4) is 0 Å².